The molecule has 2 nitrogen and oxygen atoms in total. The zero-order valence-corrected chi connectivity index (χ0v) is 12.2. The highest BCUT2D eigenvalue weighted by Crippen LogP contribution is 2.26. The lowest BCUT2D eigenvalue weighted by Gasteiger charge is -2.20. The van der Waals surface area contributed by atoms with Crippen LogP contribution in [0.2, 0.25) is 0 Å². The van der Waals surface area contributed by atoms with Gasteiger partial charge in [0.25, 0.3) is 0 Å². The van der Waals surface area contributed by atoms with Crippen LogP contribution in [0.25, 0.3) is 0 Å². The van der Waals surface area contributed by atoms with Crippen LogP contribution >= 0.6 is 12.4 Å². The highest BCUT2D eigenvalue weighted by Gasteiger charge is 2.13. The molecule has 0 aromatic heterocycles. The molecule has 0 saturated heterocycles. The van der Waals surface area contributed by atoms with E-state index in [0.29, 0.717) is 12.2 Å². The van der Waals surface area contributed by atoms with Crippen molar-refractivity contribution in [1.82, 2.24) is 5.32 Å². The minimum Gasteiger partial charge on any atom is -0.485 e. The van der Waals surface area contributed by atoms with E-state index in [2.05, 4.69) is 5.32 Å². The molecule has 2 rings (SSSR count). The van der Waals surface area contributed by atoms with Crippen LogP contribution < -0.4 is 10.1 Å². The van der Waals surface area contributed by atoms with Gasteiger partial charge < -0.3 is 10.1 Å². The van der Waals surface area contributed by atoms with Gasteiger partial charge in [0.2, 0.25) is 0 Å². The zero-order chi connectivity index (χ0) is 16.9. The molecule has 2 aromatic carbocycles. The van der Waals surface area contributed by atoms with Gasteiger partial charge in [-0.1, -0.05) is 48.5 Å². The van der Waals surface area contributed by atoms with Crippen LogP contribution in [-0.2, 0) is 0 Å². The Hall–Kier alpha value is -1.51. The Morgan fingerprint density at radius 3 is 2.70 bits per heavy atom. The second-order valence-corrected chi connectivity index (χ2v) is 4.33. The molecule has 108 valence electrons. The highest BCUT2D eigenvalue weighted by molar-refractivity contribution is 5.85. The maximum absolute atomic E-state index is 7.66. The molecule has 0 fully saturated rings. The number of hydrogen-bond acceptors (Lipinski definition) is 2. The number of para-hydroxylation sites is 1. The lowest BCUT2D eigenvalue weighted by Crippen LogP contribution is -2.16. The van der Waals surface area contributed by atoms with Gasteiger partial charge in [-0.15, -0.1) is 12.4 Å². The van der Waals surface area contributed by atoms with Crippen molar-refractivity contribution in [2.75, 3.05) is 13.6 Å². The van der Waals surface area contributed by atoms with Crippen LogP contribution in [-0.4, -0.2) is 13.6 Å². The van der Waals surface area contributed by atoms with Crippen LogP contribution in [0, 0.1) is 6.85 Å². The van der Waals surface area contributed by atoms with Crippen molar-refractivity contribution in [2.45, 2.75) is 19.4 Å². The Morgan fingerprint density at radius 1 is 1.20 bits per heavy atom. The van der Waals surface area contributed by atoms with E-state index >= 15 is 0 Å². The van der Waals surface area contributed by atoms with E-state index in [0.717, 1.165) is 12.1 Å². The van der Waals surface area contributed by atoms with Crippen molar-refractivity contribution in [1.29, 1.82) is 0 Å². The molecule has 0 radical (unpaired) electrons. The van der Waals surface area contributed by atoms with Crippen molar-refractivity contribution in [3.8, 4) is 5.75 Å². The third kappa shape index (κ3) is 4.55. The first kappa shape index (κ1) is 11.2. The smallest absolute Gasteiger partial charge is 0.125 e. The van der Waals surface area contributed by atoms with E-state index in [1.807, 2.05) is 37.4 Å². The Morgan fingerprint density at radius 2 is 2.00 bits per heavy atom. The molecular weight excluding hydrogens is 270 g/mol. The summed E-state index contributed by atoms with van der Waals surface area (Å²) in [5, 5.41) is 3.09. The Bertz CT molecular complexity index is 634. The lowest BCUT2D eigenvalue weighted by molar-refractivity contribution is 0.193. The van der Waals surface area contributed by atoms with Gasteiger partial charge in [0.15, 0.2) is 0 Å². The van der Waals surface area contributed by atoms with Crippen LogP contribution in [0.15, 0.2) is 54.6 Å². The number of nitrogens with one attached hydrogen (secondary N) is 1. The minimum atomic E-state index is -2.31. The van der Waals surface area contributed by atoms with Gasteiger partial charge in [0.05, 0.1) is 1.37 Å². The Balaban J connectivity index is 0.00000288. The number of ether oxygens (including phenoxy) is 1. The molecule has 0 unspecified atom stereocenters. The van der Waals surface area contributed by atoms with Gasteiger partial charge in [-0.25, -0.2) is 0 Å². The van der Waals surface area contributed by atoms with Crippen molar-refractivity contribution < 1.29 is 10.2 Å². The van der Waals surface area contributed by atoms with Crippen LogP contribution in [0.5, 0.6) is 5.75 Å². The second-order valence-electron chi connectivity index (χ2n) is 4.33. The quantitative estimate of drug-likeness (QED) is 0.864. The van der Waals surface area contributed by atoms with E-state index in [9.17, 15) is 0 Å². The molecule has 1 N–H and O–H groups in total. The van der Waals surface area contributed by atoms with E-state index in [-0.39, 0.29) is 30.1 Å². The summed E-state index contributed by atoms with van der Waals surface area (Å²) in [4.78, 5) is 0. The molecule has 0 aliphatic rings. The van der Waals surface area contributed by atoms with Gasteiger partial charge in [-0.2, -0.15) is 0 Å². The summed E-state index contributed by atoms with van der Waals surface area (Å²) in [6.45, 7) is -1.56. The van der Waals surface area contributed by atoms with Crippen LogP contribution in [0.1, 0.15) is 29.1 Å². The molecule has 0 aliphatic heterocycles. The summed E-state index contributed by atoms with van der Waals surface area (Å²) >= 11 is 0. The predicted molar refractivity (Wildman–Crippen MR) is 86.8 cm³/mol. The lowest BCUT2D eigenvalue weighted by atomic mass is 10.1. The monoisotopic (exact) mass is 295 g/mol. The average Bonchev–Trinajstić information content (AvgIpc) is 2.52. The number of halogens is 1. The normalized spacial score (nSPS) is 15.1. The second kappa shape index (κ2) is 8.62. The van der Waals surface area contributed by atoms with E-state index in [1.165, 1.54) is 6.07 Å². The standard InChI is InChI=1S/C17H21NO.ClH/c1-14-8-6-7-11-16(14)19-17(12-13-18-2)15-9-4-3-5-10-15;/h3-11,17-18H,12-13H2,1-2H3;1H/t17-;/m1./s1/i1D3,6D;. The fourth-order valence-corrected chi connectivity index (χ4v) is 1.91. The van der Waals surface area contributed by atoms with Crippen molar-refractivity contribution >= 4 is 12.4 Å². The van der Waals surface area contributed by atoms with Crippen molar-refractivity contribution in [3.05, 3.63) is 65.7 Å². The summed E-state index contributed by atoms with van der Waals surface area (Å²) in [5.74, 6) is 0.311. The van der Waals surface area contributed by atoms with Gasteiger partial charge in [0.1, 0.15) is 11.9 Å². The van der Waals surface area contributed by atoms with Crippen LogP contribution in [0.4, 0.5) is 0 Å². The summed E-state index contributed by atoms with van der Waals surface area (Å²) in [5.41, 5.74) is 1.07. The molecule has 2 aromatic rings. The molecule has 0 heterocycles. The van der Waals surface area contributed by atoms with Gasteiger partial charge >= 0.3 is 0 Å². The maximum atomic E-state index is 7.66. The van der Waals surface area contributed by atoms with E-state index < -0.39 is 6.85 Å². The minimum absolute atomic E-state index is 0. The summed E-state index contributed by atoms with van der Waals surface area (Å²) in [7, 11) is 1.87. The number of aryl methyl sites for hydroxylation is 1. The number of rotatable bonds is 6. The predicted octanol–water partition coefficient (Wildman–Crippen LogP) is 4.15. The first-order valence-electron chi connectivity index (χ1n) is 8.39. The van der Waals surface area contributed by atoms with E-state index in [4.69, 9.17) is 10.2 Å². The van der Waals surface area contributed by atoms with Gasteiger partial charge in [-0.05, 0) is 37.6 Å². The molecule has 0 bridgehead atoms. The fraction of sp³-hybridized carbons (Fsp3) is 0.294. The first-order chi connectivity index (χ1) is 10.9. The number of benzene rings is 2. The average molecular weight is 296 g/mol. The molecule has 0 aliphatic carbocycles. The van der Waals surface area contributed by atoms with Crippen molar-refractivity contribution in [3.63, 3.8) is 0 Å². The largest absolute Gasteiger partial charge is 0.485 e. The highest BCUT2D eigenvalue weighted by atomic mass is 35.5. The van der Waals surface area contributed by atoms with Gasteiger partial charge in [0, 0.05) is 10.5 Å². The number of hydrogen-bond donors (Lipinski definition) is 1. The SMILES string of the molecule is Cl.[2H]c1ccc(O[C@H](CCNC)c2ccccc2)c(C([2H])([2H])[2H])c1. The third-order valence-electron chi connectivity index (χ3n) is 2.92. The maximum Gasteiger partial charge on any atom is 0.125 e. The first-order valence-corrected chi connectivity index (χ1v) is 6.39. The molecule has 1 atom stereocenters. The molecular formula is C17H22ClNO. The van der Waals surface area contributed by atoms with E-state index in [1.54, 1.807) is 12.1 Å². The molecule has 0 saturated carbocycles. The van der Waals surface area contributed by atoms with Crippen LogP contribution in [0.3, 0.4) is 0 Å². The van der Waals surface area contributed by atoms with Gasteiger partial charge in [-0.3, -0.25) is 0 Å². The van der Waals surface area contributed by atoms with Crippen molar-refractivity contribution in [2.24, 2.45) is 0 Å². The molecule has 3 heteroatoms. The molecule has 20 heavy (non-hydrogen) atoms. The topological polar surface area (TPSA) is 21.3 Å². The molecule has 0 spiro atoms. The molecule has 0 amide bonds. The summed E-state index contributed by atoms with van der Waals surface area (Å²) < 4.78 is 36.7. The summed E-state index contributed by atoms with van der Waals surface area (Å²) in [6, 6.07) is 14.4. The zero-order valence-electron chi connectivity index (χ0n) is 15.4. The fourth-order valence-electron chi connectivity index (χ4n) is 1.91. The third-order valence-corrected chi connectivity index (χ3v) is 2.92. The summed E-state index contributed by atoms with van der Waals surface area (Å²) in [6.07, 6.45) is 0.463. The Labute approximate surface area is 133 Å². The Kier molecular flexibility index (Phi) is 4.82.